The molecule has 0 aliphatic heterocycles. The molecular weight excluding hydrogens is 827 g/mol. The van der Waals surface area contributed by atoms with Crippen LogP contribution in [0, 0.1) is 0 Å². The number of aromatic hydroxyl groups is 1. The number of phenols is 1. The lowest BCUT2D eigenvalue weighted by atomic mass is 9.83. The van der Waals surface area contributed by atoms with E-state index in [0.29, 0.717) is 44.9 Å². The van der Waals surface area contributed by atoms with Crippen LogP contribution < -0.4 is 0 Å². The van der Waals surface area contributed by atoms with Crippen molar-refractivity contribution in [1.29, 1.82) is 0 Å². The van der Waals surface area contributed by atoms with Gasteiger partial charge in [-0.15, -0.1) is 0 Å². The molecule has 0 radical (unpaired) electrons. The van der Waals surface area contributed by atoms with E-state index in [2.05, 4.69) is 128 Å². The Kier molecular flexibility index (Phi) is 9.31. The maximum Gasteiger partial charge on any atom is 0.149 e. The Hall–Kier alpha value is -6.26. The molecule has 0 aliphatic rings. The molecule has 0 bridgehead atoms. The number of fused-ring (bicyclic) bond motifs is 1. The number of pyridine rings is 1. The number of benzene rings is 6. The quantitative estimate of drug-likeness (QED) is 0.165. The molecule has 4 nitrogen and oxygen atoms in total. The molecular formula is C64H73N3O. The molecule has 0 saturated carbocycles. The number of rotatable bonds is 8. The van der Waals surface area contributed by atoms with Crippen molar-refractivity contribution in [3.8, 4) is 67.5 Å². The molecule has 2 aromatic heterocycles. The number of imidazole rings is 1. The van der Waals surface area contributed by atoms with Crippen LogP contribution in [0.4, 0.5) is 0 Å². The Morgan fingerprint density at radius 2 is 1.12 bits per heavy atom. The maximum absolute atomic E-state index is 12.5. The number of aromatic nitrogens is 3. The van der Waals surface area contributed by atoms with E-state index in [0.717, 1.165) is 50.1 Å². The third-order valence-corrected chi connectivity index (χ3v) is 13.1. The summed E-state index contributed by atoms with van der Waals surface area (Å²) in [7, 11) is 0. The third-order valence-electron chi connectivity index (χ3n) is 13.1. The van der Waals surface area contributed by atoms with Crippen molar-refractivity contribution in [1.82, 2.24) is 14.5 Å². The molecule has 2 heterocycles. The molecule has 0 amide bonds. The molecule has 0 atom stereocenters. The number of hydrogen-bond donors (Lipinski definition) is 1. The highest BCUT2D eigenvalue weighted by Gasteiger charge is 2.27. The van der Waals surface area contributed by atoms with Crippen LogP contribution in [-0.2, 0) is 21.7 Å². The predicted octanol–water partition coefficient (Wildman–Crippen LogP) is 17.9. The number of hydrogen-bond acceptors (Lipinski definition) is 3. The van der Waals surface area contributed by atoms with Gasteiger partial charge in [-0.1, -0.05) is 189 Å². The zero-order valence-corrected chi connectivity index (χ0v) is 42.0. The van der Waals surface area contributed by atoms with Gasteiger partial charge in [-0.2, -0.15) is 0 Å². The SMILES string of the molecule is [2H]C(C)(C)c1cc(-c2nc3c(-c4cc(-c5cc(-c6ccc(C(C([2H])([2H])[2H])(C([2H])([2H])[2H])C([2H])([2H])[2H])cc6)ccn5)cc(C(C)(C)C)c4)cccc3n2-c2ccc(C(C)(C)C)cc2-c2ccc(C(C)(C)C)cc2)c(O)c(C([2H])(C)C)c1. The molecule has 68 heavy (non-hydrogen) atoms. The largest absolute Gasteiger partial charge is 0.507 e. The first-order chi connectivity index (χ1) is 36.1. The van der Waals surface area contributed by atoms with Gasteiger partial charge in [0, 0.05) is 38.0 Å². The molecule has 1 N–H and O–H groups in total. The number of nitrogens with zero attached hydrogens (tertiary/aromatic N) is 3. The van der Waals surface area contributed by atoms with Crippen LogP contribution in [0.3, 0.4) is 0 Å². The van der Waals surface area contributed by atoms with Crippen molar-refractivity contribution in [2.75, 3.05) is 0 Å². The zero-order valence-electron chi connectivity index (χ0n) is 53.0. The molecule has 8 rings (SSSR count). The van der Waals surface area contributed by atoms with E-state index in [9.17, 15) is 7.85 Å². The molecule has 0 spiro atoms. The highest BCUT2D eigenvalue weighted by atomic mass is 16.3. The van der Waals surface area contributed by atoms with Crippen molar-refractivity contribution in [3.05, 3.63) is 167 Å². The fourth-order valence-electron chi connectivity index (χ4n) is 8.85. The standard InChI is InChI=1S/C64H73N3O/c1-39(2)44-35-52(40(3)4)59(68)54(36-44)60-66-58-51(18-17-19-57(58)67(60)56-29-28-49(63(11,12)13)38-53(56)42-22-26-48(27-23-42)62(8,9)10)45-32-46(34-50(33-45)64(14,15)16)55-37-43(30-31-65-55)41-20-24-47(25-21-41)61(5,6)7/h17-40,68H,1-16H3/i5D3,6D3,7D3,39D,40D. The fourth-order valence-corrected chi connectivity index (χ4v) is 8.85. The zero-order chi connectivity index (χ0) is 58.6. The smallest absolute Gasteiger partial charge is 0.149 e. The lowest BCUT2D eigenvalue weighted by Gasteiger charge is -2.24. The Morgan fingerprint density at radius 3 is 1.72 bits per heavy atom. The molecule has 0 unspecified atom stereocenters. The lowest BCUT2D eigenvalue weighted by Crippen LogP contribution is -2.12. The minimum Gasteiger partial charge on any atom is -0.507 e. The van der Waals surface area contributed by atoms with Gasteiger partial charge in [-0.25, -0.2) is 4.98 Å². The summed E-state index contributed by atoms with van der Waals surface area (Å²) >= 11 is 0. The summed E-state index contributed by atoms with van der Waals surface area (Å²) < 4.78 is 94.7. The van der Waals surface area contributed by atoms with Gasteiger partial charge < -0.3 is 5.11 Å². The Labute approximate surface area is 423 Å². The van der Waals surface area contributed by atoms with Gasteiger partial charge in [0.1, 0.15) is 11.6 Å². The Balaban J connectivity index is 1.39. The van der Waals surface area contributed by atoms with Gasteiger partial charge in [0.05, 0.1) is 28.0 Å². The van der Waals surface area contributed by atoms with Gasteiger partial charge in [-0.3, -0.25) is 9.55 Å². The van der Waals surface area contributed by atoms with Crippen LogP contribution in [0.2, 0.25) is 0 Å². The van der Waals surface area contributed by atoms with Crippen LogP contribution in [0.25, 0.3) is 72.7 Å². The average Bonchev–Trinajstić information content (AvgIpc) is 3.85. The summed E-state index contributed by atoms with van der Waals surface area (Å²) in [5.74, 6) is -1.98. The van der Waals surface area contributed by atoms with E-state index in [1.54, 1.807) is 58.2 Å². The first kappa shape index (κ1) is 35.8. The normalized spacial score (nSPS) is 16.0. The highest BCUT2D eigenvalue weighted by molar-refractivity contribution is 5.98. The van der Waals surface area contributed by atoms with Crippen molar-refractivity contribution in [3.63, 3.8) is 0 Å². The van der Waals surface area contributed by atoms with Gasteiger partial charge in [-0.05, 0) is 138 Å². The molecule has 0 saturated heterocycles. The molecule has 8 aromatic rings. The first-order valence-corrected chi connectivity index (χ1v) is 23.5. The van der Waals surface area contributed by atoms with E-state index in [1.807, 2.05) is 30.3 Å². The van der Waals surface area contributed by atoms with Crippen LogP contribution in [0.1, 0.15) is 171 Å². The van der Waals surface area contributed by atoms with E-state index in [4.69, 9.17) is 22.3 Å². The number of phenolic OH excluding ortho intramolecular Hbond substituents is 1. The van der Waals surface area contributed by atoms with E-state index < -0.39 is 37.8 Å². The van der Waals surface area contributed by atoms with Gasteiger partial charge >= 0.3 is 0 Å². The van der Waals surface area contributed by atoms with Crippen molar-refractivity contribution < 1.29 is 20.2 Å². The van der Waals surface area contributed by atoms with Crippen molar-refractivity contribution >= 4 is 11.0 Å². The number of para-hydroxylation sites is 1. The van der Waals surface area contributed by atoms with Crippen LogP contribution >= 0.6 is 0 Å². The highest BCUT2D eigenvalue weighted by Crippen LogP contribution is 2.45. The minimum absolute atomic E-state index is 0.0706. The molecule has 350 valence electrons. The minimum atomic E-state index is -3.39. The van der Waals surface area contributed by atoms with Gasteiger partial charge in [0.25, 0.3) is 0 Å². The monoisotopic (exact) mass is 911 g/mol. The predicted molar refractivity (Wildman–Crippen MR) is 291 cm³/mol. The summed E-state index contributed by atoms with van der Waals surface area (Å²) in [6.45, 7) is 16.5. The van der Waals surface area contributed by atoms with Crippen molar-refractivity contribution in [2.24, 2.45) is 0 Å². The van der Waals surface area contributed by atoms with E-state index in [1.165, 1.54) is 17.7 Å². The lowest BCUT2D eigenvalue weighted by molar-refractivity contribution is 0.466. The molecule has 6 aromatic carbocycles. The maximum atomic E-state index is 12.5. The first-order valence-electron chi connectivity index (χ1n) is 29.0. The fraction of sp³-hybridized carbons (Fsp3) is 0.344. The van der Waals surface area contributed by atoms with Gasteiger partial charge in [0.2, 0.25) is 0 Å². The second kappa shape index (κ2) is 17.7. The van der Waals surface area contributed by atoms with Crippen LogP contribution in [0.15, 0.2) is 134 Å². The summed E-state index contributed by atoms with van der Waals surface area (Å²) in [5.41, 5.74) is 9.18. The molecule has 0 fully saturated rings. The molecule has 0 aliphatic carbocycles. The Bertz CT molecular complexity index is 3550. The molecule has 4 heteroatoms. The second-order valence-corrected chi connectivity index (χ2v) is 22.0. The van der Waals surface area contributed by atoms with E-state index in [-0.39, 0.29) is 27.6 Å². The van der Waals surface area contributed by atoms with Crippen molar-refractivity contribution in [2.45, 2.75) is 144 Å². The second-order valence-electron chi connectivity index (χ2n) is 22.0. The third kappa shape index (κ3) is 9.57. The van der Waals surface area contributed by atoms with Gasteiger partial charge in [0.15, 0.2) is 0 Å². The van der Waals surface area contributed by atoms with Crippen LogP contribution in [-0.4, -0.2) is 19.6 Å². The summed E-state index contributed by atoms with van der Waals surface area (Å²) in [6, 6.07) is 40.6. The summed E-state index contributed by atoms with van der Waals surface area (Å²) in [5, 5.41) is 12.5. The average molecular weight is 911 g/mol. The summed E-state index contributed by atoms with van der Waals surface area (Å²) in [6.07, 6.45) is 1.67. The van der Waals surface area contributed by atoms with Crippen LogP contribution in [0.5, 0.6) is 5.75 Å². The topological polar surface area (TPSA) is 50.9 Å². The van der Waals surface area contributed by atoms with E-state index >= 15 is 0 Å². The summed E-state index contributed by atoms with van der Waals surface area (Å²) in [4.78, 5) is 10.4. The Morgan fingerprint density at radius 1 is 0.515 bits per heavy atom.